The zero-order chi connectivity index (χ0) is 18.9. The first-order valence-electron chi connectivity index (χ1n) is 8.58. The molecular weight excluding hydrogens is 338 g/mol. The molecule has 0 radical (unpaired) electrons. The molecule has 1 heterocycles. The van der Waals surface area contributed by atoms with E-state index in [0.29, 0.717) is 12.0 Å². The van der Waals surface area contributed by atoms with E-state index >= 15 is 0 Å². The standard InChI is InChI=1S/C19H23NO6/c1-3-24-18(22)17-15(10-11-20(17)19(23)25-4-2)12-16(21)26-13-14-8-6-5-7-9-14/h5-9,12,17H,3-4,10-11,13H2,1-2H3/b15-12+. The molecule has 26 heavy (non-hydrogen) atoms. The number of benzene rings is 1. The van der Waals surface area contributed by atoms with Crippen LogP contribution >= 0.6 is 0 Å². The second-order valence-corrected chi connectivity index (χ2v) is 5.61. The molecular formula is C19H23NO6. The van der Waals surface area contributed by atoms with Gasteiger partial charge in [-0.2, -0.15) is 0 Å². The number of amides is 1. The fourth-order valence-corrected chi connectivity index (χ4v) is 2.69. The van der Waals surface area contributed by atoms with Crippen LogP contribution in [0, 0.1) is 0 Å². The number of esters is 2. The molecule has 1 saturated heterocycles. The molecule has 1 atom stereocenters. The van der Waals surface area contributed by atoms with E-state index in [0.717, 1.165) is 5.56 Å². The third-order valence-electron chi connectivity index (χ3n) is 3.84. The summed E-state index contributed by atoms with van der Waals surface area (Å²) in [7, 11) is 0. The van der Waals surface area contributed by atoms with Gasteiger partial charge in [0.05, 0.1) is 13.2 Å². The maximum Gasteiger partial charge on any atom is 0.410 e. The van der Waals surface area contributed by atoms with Gasteiger partial charge in [0.1, 0.15) is 6.61 Å². The van der Waals surface area contributed by atoms with Crippen molar-refractivity contribution in [3.63, 3.8) is 0 Å². The fourth-order valence-electron chi connectivity index (χ4n) is 2.69. The highest BCUT2D eigenvalue weighted by molar-refractivity contribution is 5.90. The Morgan fingerprint density at radius 1 is 1.08 bits per heavy atom. The van der Waals surface area contributed by atoms with Crippen LogP contribution in [0.5, 0.6) is 0 Å². The lowest BCUT2D eigenvalue weighted by Crippen LogP contribution is -2.42. The first-order valence-corrected chi connectivity index (χ1v) is 8.58. The summed E-state index contributed by atoms with van der Waals surface area (Å²) in [5.74, 6) is -1.15. The van der Waals surface area contributed by atoms with Crippen LogP contribution in [0.4, 0.5) is 4.79 Å². The smallest absolute Gasteiger partial charge is 0.410 e. The predicted octanol–water partition coefficient (Wildman–Crippen LogP) is 2.45. The molecule has 0 aliphatic carbocycles. The zero-order valence-electron chi connectivity index (χ0n) is 15.0. The van der Waals surface area contributed by atoms with E-state index < -0.39 is 24.1 Å². The van der Waals surface area contributed by atoms with Crippen molar-refractivity contribution in [2.45, 2.75) is 32.9 Å². The predicted molar refractivity (Wildman–Crippen MR) is 93.1 cm³/mol. The molecule has 1 fully saturated rings. The van der Waals surface area contributed by atoms with Crippen molar-refractivity contribution in [3.8, 4) is 0 Å². The van der Waals surface area contributed by atoms with Crippen molar-refractivity contribution in [2.75, 3.05) is 19.8 Å². The van der Waals surface area contributed by atoms with Gasteiger partial charge in [-0.1, -0.05) is 30.3 Å². The van der Waals surface area contributed by atoms with E-state index in [4.69, 9.17) is 14.2 Å². The summed E-state index contributed by atoms with van der Waals surface area (Å²) < 4.78 is 15.2. The summed E-state index contributed by atoms with van der Waals surface area (Å²) in [4.78, 5) is 37.7. The molecule has 2 rings (SSSR count). The normalized spacial score (nSPS) is 17.8. The molecule has 1 aliphatic heterocycles. The highest BCUT2D eigenvalue weighted by Crippen LogP contribution is 2.26. The molecule has 1 aromatic carbocycles. The van der Waals surface area contributed by atoms with Crippen molar-refractivity contribution < 1.29 is 28.6 Å². The number of likely N-dealkylation sites (tertiary alicyclic amines) is 1. The molecule has 1 amide bonds. The highest BCUT2D eigenvalue weighted by Gasteiger charge is 2.40. The SMILES string of the molecule is CCOC(=O)C1/C(=C/C(=O)OCc2ccccc2)CCN1C(=O)OCC. The highest BCUT2D eigenvalue weighted by atomic mass is 16.6. The molecule has 1 aromatic rings. The number of ether oxygens (including phenoxy) is 3. The fraction of sp³-hybridized carbons (Fsp3) is 0.421. The van der Waals surface area contributed by atoms with Gasteiger partial charge < -0.3 is 14.2 Å². The molecule has 7 nitrogen and oxygen atoms in total. The summed E-state index contributed by atoms with van der Waals surface area (Å²) >= 11 is 0. The van der Waals surface area contributed by atoms with Gasteiger partial charge in [-0.15, -0.1) is 0 Å². The third-order valence-corrected chi connectivity index (χ3v) is 3.84. The van der Waals surface area contributed by atoms with Crippen LogP contribution in [0.3, 0.4) is 0 Å². The minimum Gasteiger partial charge on any atom is -0.464 e. The summed E-state index contributed by atoms with van der Waals surface area (Å²) in [6, 6.07) is 8.32. The molecule has 7 heteroatoms. The van der Waals surface area contributed by atoms with Crippen molar-refractivity contribution in [3.05, 3.63) is 47.5 Å². The second kappa shape index (κ2) is 9.60. The van der Waals surface area contributed by atoms with Crippen molar-refractivity contribution >= 4 is 18.0 Å². The van der Waals surface area contributed by atoms with Gasteiger partial charge in [0.15, 0.2) is 6.04 Å². The molecule has 1 aliphatic rings. The second-order valence-electron chi connectivity index (χ2n) is 5.61. The maximum absolute atomic E-state index is 12.3. The number of carbonyl (C=O) groups is 3. The number of rotatable bonds is 6. The largest absolute Gasteiger partial charge is 0.464 e. The Balaban J connectivity index is 2.08. The minimum atomic E-state index is -0.960. The first-order chi connectivity index (χ1) is 12.6. The average Bonchev–Trinajstić information content (AvgIpc) is 3.05. The van der Waals surface area contributed by atoms with Crippen LogP contribution in [0.15, 0.2) is 42.0 Å². The number of hydrogen-bond acceptors (Lipinski definition) is 6. The van der Waals surface area contributed by atoms with E-state index in [2.05, 4.69) is 0 Å². The molecule has 0 spiro atoms. The van der Waals surface area contributed by atoms with Gasteiger partial charge in [-0.05, 0) is 31.4 Å². The van der Waals surface area contributed by atoms with Crippen LogP contribution in [0.2, 0.25) is 0 Å². The minimum absolute atomic E-state index is 0.134. The lowest BCUT2D eigenvalue weighted by Gasteiger charge is -2.22. The Bertz CT molecular complexity index is 670. The van der Waals surface area contributed by atoms with E-state index in [1.165, 1.54) is 11.0 Å². The Hall–Kier alpha value is -2.83. The van der Waals surface area contributed by atoms with Crippen LogP contribution in [-0.2, 0) is 30.4 Å². The van der Waals surface area contributed by atoms with Crippen molar-refractivity contribution in [1.82, 2.24) is 4.90 Å². The molecule has 0 N–H and O–H groups in total. The van der Waals surface area contributed by atoms with Crippen LogP contribution < -0.4 is 0 Å². The summed E-state index contributed by atoms with van der Waals surface area (Å²) in [5.41, 5.74) is 1.34. The summed E-state index contributed by atoms with van der Waals surface area (Å²) in [6.45, 7) is 4.15. The van der Waals surface area contributed by atoms with Gasteiger partial charge in [0.2, 0.25) is 0 Å². The molecule has 0 bridgehead atoms. The van der Waals surface area contributed by atoms with Gasteiger partial charge in [-0.3, -0.25) is 4.90 Å². The number of nitrogens with zero attached hydrogens (tertiary/aromatic N) is 1. The molecule has 140 valence electrons. The van der Waals surface area contributed by atoms with Crippen molar-refractivity contribution in [1.29, 1.82) is 0 Å². The number of carbonyl (C=O) groups excluding carboxylic acids is 3. The van der Waals surface area contributed by atoms with Crippen LogP contribution in [0.25, 0.3) is 0 Å². The third kappa shape index (κ3) is 5.08. The monoisotopic (exact) mass is 361 g/mol. The topological polar surface area (TPSA) is 82.1 Å². The van der Waals surface area contributed by atoms with Gasteiger partial charge in [0.25, 0.3) is 0 Å². The van der Waals surface area contributed by atoms with E-state index in [-0.39, 0.29) is 26.4 Å². The zero-order valence-corrected chi connectivity index (χ0v) is 15.0. The average molecular weight is 361 g/mol. The lowest BCUT2D eigenvalue weighted by molar-refractivity contribution is -0.146. The Kier molecular flexibility index (Phi) is 7.20. The van der Waals surface area contributed by atoms with E-state index in [9.17, 15) is 14.4 Å². The first kappa shape index (κ1) is 19.5. The summed E-state index contributed by atoms with van der Waals surface area (Å²) in [5, 5.41) is 0. The van der Waals surface area contributed by atoms with Crippen molar-refractivity contribution in [2.24, 2.45) is 0 Å². The Morgan fingerprint density at radius 2 is 1.77 bits per heavy atom. The molecule has 1 unspecified atom stereocenters. The van der Waals surface area contributed by atoms with Crippen LogP contribution in [-0.4, -0.2) is 48.7 Å². The molecule has 0 saturated carbocycles. The number of hydrogen-bond donors (Lipinski definition) is 0. The van der Waals surface area contributed by atoms with Gasteiger partial charge >= 0.3 is 18.0 Å². The Morgan fingerprint density at radius 3 is 2.42 bits per heavy atom. The van der Waals surface area contributed by atoms with Gasteiger partial charge in [-0.25, -0.2) is 14.4 Å². The van der Waals surface area contributed by atoms with E-state index in [1.54, 1.807) is 13.8 Å². The lowest BCUT2D eigenvalue weighted by atomic mass is 10.1. The van der Waals surface area contributed by atoms with E-state index in [1.807, 2.05) is 30.3 Å². The van der Waals surface area contributed by atoms with Crippen LogP contribution in [0.1, 0.15) is 25.8 Å². The molecule has 0 aromatic heterocycles. The van der Waals surface area contributed by atoms with Gasteiger partial charge in [0, 0.05) is 12.6 Å². The Labute approximate surface area is 152 Å². The quantitative estimate of drug-likeness (QED) is 0.440. The maximum atomic E-state index is 12.3. The summed E-state index contributed by atoms with van der Waals surface area (Å²) in [6.07, 6.45) is 1.04.